The molecule has 6 nitrogen and oxygen atoms in total. The molecule has 0 saturated carbocycles. The highest BCUT2D eigenvalue weighted by atomic mass is 32.2. The summed E-state index contributed by atoms with van der Waals surface area (Å²) in [6.45, 7) is 3.16. The Bertz CT molecular complexity index is 502. The molecule has 16 heavy (non-hydrogen) atoms. The van der Waals surface area contributed by atoms with Crippen LogP contribution in [0.15, 0.2) is 6.07 Å². The minimum absolute atomic E-state index is 0.0195. The van der Waals surface area contributed by atoms with Gasteiger partial charge in [0.25, 0.3) is 0 Å². The number of aromatic nitrogens is 2. The van der Waals surface area contributed by atoms with Crippen LogP contribution in [0.3, 0.4) is 0 Å². The van der Waals surface area contributed by atoms with E-state index in [1.54, 1.807) is 13.8 Å². The van der Waals surface area contributed by atoms with Crippen molar-refractivity contribution in [2.24, 2.45) is 7.05 Å². The zero-order valence-corrected chi connectivity index (χ0v) is 10.2. The van der Waals surface area contributed by atoms with E-state index in [1.807, 2.05) is 0 Å². The largest absolute Gasteiger partial charge is 0.477 e. The fourth-order valence-corrected chi connectivity index (χ4v) is 2.06. The molecule has 0 radical (unpaired) electrons. The zero-order chi connectivity index (χ0) is 12.5. The lowest BCUT2D eigenvalue weighted by Crippen LogP contribution is -2.16. The molecule has 0 aliphatic rings. The SMILES string of the molecule is CC(C)S(=O)(=O)Cc1cc(C(=O)O)n(C)n1. The van der Waals surface area contributed by atoms with Crippen molar-refractivity contribution in [3.8, 4) is 0 Å². The summed E-state index contributed by atoms with van der Waals surface area (Å²) in [4.78, 5) is 10.7. The summed E-state index contributed by atoms with van der Waals surface area (Å²) < 4.78 is 24.3. The average molecular weight is 246 g/mol. The van der Waals surface area contributed by atoms with Crippen LogP contribution in [0.25, 0.3) is 0 Å². The van der Waals surface area contributed by atoms with Crippen LogP contribution in [0.2, 0.25) is 0 Å². The highest BCUT2D eigenvalue weighted by molar-refractivity contribution is 7.91. The van der Waals surface area contributed by atoms with Gasteiger partial charge in [0, 0.05) is 7.05 Å². The van der Waals surface area contributed by atoms with Crippen molar-refractivity contribution in [2.75, 3.05) is 0 Å². The van der Waals surface area contributed by atoms with Crippen molar-refractivity contribution in [1.82, 2.24) is 9.78 Å². The molecule has 0 bridgehead atoms. The first kappa shape index (κ1) is 12.7. The number of hydrogen-bond acceptors (Lipinski definition) is 4. The summed E-state index contributed by atoms with van der Waals surface area (Å²) in [6, 6.07) is 1.28. The molecule has 1 heterocycles. The number of rotatable bonds is 4. The molecular weight excluding hydrogens is 232 g/mol. The highest BCUT2D eigenvalue weighted by Crippen LogP contribution is 2.11. The number of aryl methyl sites for hydroxylation is 1. The van der Waals surface area contributed by atoms with Gasteiger partial charge in [-0.2, -0.15) is 5.10 Å². The summed E-state index contributed by atoms with van der Waals surface area (Å²) >= 11 is 0. The molecule has 1 aromatic heterocycles. The first-order chi connectivity index (χ1) is 7.24. The normalized spacial score (nSPS) is 12.0. The Morgan fingerprint density at radius 2 is 2.12 bits per heavy atom. The molecule has 0 aliphatic heterocycles. The molecule has 0 spiro atoms. The summed E-state index contributed by atoms with van der Waals surface area (Å²) in [5.74, 6) is -1.35. The van der Waals surface area contributed by atoms with E-state index in [0.717, 1.165) is 4.68 Å². The van der Waals surface area contributed by atoms with Crippen LogP contribution in [0.4, 0.5) is 0 Å². The number of aromatic carboxylic acids is 1. The van der Waals surface area contributed by atoms with Crippen LogP contribution in [0, 0.1) is 0 Å². The van der Waals surface area contributed by atoms with Crippen LogP contribution in [-0.4, -0.2) is 34.5 Å². The van der Waals surface area contributed by atoms with E-state index >= 15 is 0 Å². The van der Waals surface area contributed by atoms with E-state index in [1.165, 1.54) is 13.1 Å². The molecule has 0 unspecified atom stereocenters. The predicted molar refractivity (Wildman–Crippen MR) is 57.9 cm³/mol. The lowest BCUT2D eigenvalue weighted by molar-refractivity contribution is 0.0685. The van der Waals surface area contributed by atoms with E-state index in [9.17, 15) is 13.2 Å². The molecule has 0 fully saturated rings. The summed E-state index contributed by atoms with van der Waals surface area (Å²) in [7, 11) is -1.78. The molecule has 1 aromatic rings. The number of carbonyl (C=O) groups is 1. The molecule has 1 rings (SSSR count). The van der Waals surface area contributed by atoms with E-state index in [2.05, 4.69) is 5.10 Å². The van der Waals surface area contributed by atoms with Crippen LogP contribution in [-0.2, 0) is 22.6 Å². The summed E-state index contributed by atoms with van der Waals surface area (Å²) in [6.07, 6.45) is 0. The fourth-order valence-electron chi connectivity index (χ4n) is 1.17. The van der Waals surface area contributed by atoms with Gasteiger partial charge < -0.3 is 5.11 Å². The van der Waals surface area contributed by atoms with E-state index < -0.39 is 21.1 Å². The van der Waals surface area contributed by atoms with Crippen LogP contribution in [0.1, 0.15) is 30.0 Å². The van der Waals surface area contributed by atoms with Gasteiger partial charge in [0.05, 0.1) is 16.7 Å². The molecular formula is C9H14N2O4S. The van der Waals surface area contributed by atoms with Gasteiger partial charge in [0.2, 0.25) is 0 Å². The Morgan fingerprint density at radius 3 is 2.50 bits per heavy atom. The maximum absolute atomic E-state index is 11.6. The Balaban J connectivity index is 3.01. The van der Waals surface area contributed by atoms with Crippen molar-refractivity contribution < 1.29 is 18.3 Å². The number of hydrogen-bond donors (Lipinski definition) is 1. The van der Waals surface area contributed by atoms with E-state index in [0.29, 0.717) is 0 Å². The predicted octanol–water partition coefficient (Wildman–Crippen LogP) is 0.441. The van der Waals surface area contributed by atoms with Crippen molar-refractivity contribution in [3.05, 3.63) is 17.5 Å². The van der Waals surface area contributed by atoms with Crippen molar-refractivity contribution in [1.29, 1.82) is 0 Å². The molecule has 0 amide bonds. The highest BCUT2D eigenvalue weighted by Gasteiger charge is 2.20. The molecule has 1 N–H and O–H groups in total. The molecule has 0 saturated heterocycles. The molecule has 0 aliphatic carbocycles. The standard InChI is InChI=1S/C9H14N2O4S/c1-6(2)16(14,15)5-7-4-8(9(12)13)11(3)10-7/h4,6H,5H2,1-3H3,(H,12,13). The lowest BCUT2D eigenvalue weighted by Gasteiger charge is -2.04. The zero-order valence-electron chi connectivity index (χ0n) is 9.34. The molecule has 7 heteroatoms. The van der Waals surface area contributed by atoms with Crippen molar-refractivity contribution in [2.45, 2.75) is 24.9 Å². The van der Waals surface area contributed by atoms with E-state index in [4.69, 9.17) is 5.11 Å². The average Bonchev–Trinajstić information content (AvgIpc) is 2.45. The minimum atomic E-state index is -3.25. The Labute approximate surface area is 93.8 Å². The molecule has 0 atom stereocenters. The van der Waals surface area contributed by atoms with Crippen LogP contribution in [0.5, 0.6) is 0 Å². The number of nitrogens with zero attached hydrogens (tertiary/aromatic N) is 2. The first-order valence-corrected chi connectivity index (χ1v) is 6.43. The number of carboxylic acid groups (broad SMARTS) is 1. The second-order valence-electron chi connectivity index (χ2n) is 3.81. The second kappa shape index (κ2) is 4.25. The lowest BCUT2D eigenvalue weighted by atomic mass is 10.4. The van der Waals surface area contributed by atoms with Crippen LogP contribution >= 0.6 is 0 Å². The van der Waals surface area contributed by atoms with Gasteiger partial charge in [-0.25, -0.2) is 13.2 Å². The maximum atomic E-state index is 11.6. The first-order valence-electron chi connectivity index (χ1n) is 4.72. The third kappa shape index (κ3) is 2.60. The van der Waals surface area contributed by atoms with Gasteiger partial charge >= 0.3 is 5.97 Å². The van der Waals surface area contributed by atoms with E-state index in [-0.39, 0.29) is 17.1 Å². The van der Waals surface area contributed by atoms with Gasteiger partial charge in [-0.1, -0.05) is 0 Å². The number of sulfone groups is 1. The maximum Gasteiger partial charge on any atom is 0.354 e. The van der Waals surface area contributed by atoms with Gasteiger partial charge in [-0.05, 0) is 19.9 Å². The van der Waals surface area contributed by atoms with Crippen LogP contribution < -0.4 is 0 Å². The number of carboxylic acids is 1. The Morgan fingerprint density at radius 1 is 1.56 bits per heavy atom. The third-order valence-corrected chi connectivity index (χ3v) is 4.35. The van der Waals surface area contributed by atoms with Gasteiger partial charge in [-0.15, -0.1) is 0 Å². The smallest absolute Gasteiger partial charge is 0.354 e. The third-order valence-electron chi connectivity index (χ3n) is 2.22. The van der Waals surface area contributed by atoms with Gasteiger partial charge in [0.15, 0.2) is 9.84 Å². The van der Waals surface area contributed by atoms with Crippen molar-refractivity contribution in [3.63, 3.8) is 0 Å². The summed E-state index contributed by atoms with van der Waals surface area (Å²) in [5.41, 5.74) is 0.238. The summed E-state index contributed by atoms with van der Waals surface area (Å²) in [5, 5.41) is 12.1. The second-order valence-corrected chi connectivity index (χ2v) is 6.36. The Kier molecular flexibility index (Phi) is 3.37. The topological polar surface area (TPSA) is 89.3 Å². The fraction of sp³-hybridized carbons (Fsp3) is 0.556. The quantitative estimate of drug-likeness (QED) is 0.832. The molecule has 0 aromatic carbocycles. The minimum Gasteiger partial charge on any atom is -0.477 e. The van der Waals surface area contributed by atoms with Gasteiger partial charge in [0.1, 0.15) is 5.69 Å². The monoisotopic (exact) mass is 246 g/mol. The van der Waals surface area contributed by atoms with Crippen molar-refractivity contribution >= 4 is 15.8 Å². The Hall–Kier alpha value is -1.37. The molecule has 90 valence electrons. The van der Waals surface area contributed by atoms with Gasteiger partial charge in [-0.3, -0.25) is 4.68 Å².